The molecule has 0 saturated carbocycles. The van der Waals surface area contributed by atoms with Crippen molar-refractivity contribution in [2.75, 3.05) is 0 Å². The third kappa shape index (κ3) is 3.27. The number of hydrogen-bond acceptors (Lipinski definition) is 2. The van der Waals surface area contributed by atoms with Crippen molar-refractivity contribution in [3.63, 3.8) is 0 Å². The topological polar surface area (TPSA) is 55.1 Å². The lowest BCUT2D eigenvalue weighted by atomic mass is 9.87. The highest BCUT2D eigenvalue weighted by atomic mass is 35.5. The van der Waals surface area contributed by atoms with Crippen LogP contribution >= 0.6 is 12.4 Å². The van der Waals surface area contributed by atoms with Crippen LogP contribution in [-0.2, 0) is 11.3 Å². The number of nitrogens with zero attached hydrogens (tertiary/aromatic N) is 2. The van der Waals surface area contributed by atoms with Gasteiger partial charge in [-0.15, -0.1) is 12.4 Å². The van der Waals surface area contributed by atoms with Crippen molar-refractivity contribution in [2.45, 2.75) is 32.7 Å². The van der Waals surface area contributed by atoms with Gasteiger partial charge < -0.3 is 5.11 Å². The first-order valence-corrected chi connectivity index (χ1v) is 7.00. The highest BCUT2D eigenvalue weighted by Crippen LogP contribution is 2.31. The van der Waals surface area contributed by atoms with E-state index in [4.69, 9.17) is 5.11 Å². The van der Waals surface area contributed by atoms with Crippen LogP contribution in [0, 0.1) is 5.92 Å². The van der Waals surface area contributed by atoms with Gasteiger partial charge in [-0.05, 0) is 42.4 Å². The van der Waals surface area contributed by atoms with Crippen molar-refractivity contribution in [2.24, 2.45) is 5.92 Å². The number of benzene rings is 1. The molecule has 0 spiro atoms. The average Bonchev–Trinajstić information content (AvgIpc) is 2.81. The van der Waals surface area contributed by atoms with Crippen molar-refractivity contribution in [1.29, 1.82) is 0 Å². The maximum atomic E-state index is 10.9. The summed E-state index contributed by atoms with van der Waals surface area (Å²) in [6, 6.07) is 6.19. The van der Waals surface area contributed by atoms with Crippen molar-refractivity contribution in [1.82, 2.24) is 9.78 Å². The Labute approximate surface area is 129 Å². The lowest BCUT2D eigenvalue weighted by molar-refractivity contribution is -0.137. The summed E-state index contributed by atoms with van der Waals surface area (Å²) in [4.78, 5) is 10.9. The van der Waals surface area contributed by atoms with Gasteiger partial charge in [0.25, 0.3) is 0 Å². The molecular weight excluding hydrogens is 288 g/mol. The average molecular weight is 307 g/mol. The summed E-state index contributed by atoms with van der Waals surface area (Å²) in [6.07, 6.45) is 7.48. The molecular formula is C16H19ClN2O2. The zero-order valence-electron chi connectivity index (χ0n) is 12.0. The summed E-state index contributed by atoms with van der Waals surface area (Å²) in [5, 5.41) is 14.1. The number of aromatic nitrogens is 2. The summed E-state index contributed by atoms with van der Waals surface area (Å²) >= 11 is 0. The molecule has 112 valence electrons. The third-order valence-electron chi connectivity index (χ3n) is 3.97. The zero-order valence-corrected chi connectivity index (χ0v) is 12.8. The number of hydrogen-bond donors (Lipinski definition) is 1. The minimum Gasteiger partial charge on any atom is -0.480 e. The Morgan fingerprint density at radius 1 is 1.48 bits per heavy atom. The lowest BCUT2D eigenvalue weighted by Crippen LogP contribution is -2.09. The van der Waals surface area contributed by atoms with Gasteiger partial charge in [-0.2, -0.15) is 5.10 Å². The molecule has 1 atom stereocenters. The van der Waals surface area contributed by atoms with Gasteiger partial charge in [0, 0.05) is 5.39 Å². The van der Waals surface area contributed by atoms with E-state index in [1.807, 2.05) is 6.07 Å². The second-order valence-corrected chi connectivity index (χ2v) is 5.58. The Morgan fingerprint density at radius 3 is 2.95 bits per heavy atom. The molecule has 5 heteroatoms. The van der Waals surface area contributed by atoms with Crippen LogP contribution in [-0.4, -0.2) is 20.9 Å². The highest BCUT2D eigenvalue weighted by Gasteiger charge is 2.13. The van der Waals surface area contributed by atoms with Crippen LogP contribution < -0.4 is 0 Å². The Balaban J connectivity index is 0.00000161. The molecule has 0 saturated heterocycles. The van der Waals surface area contributed by atoms with Crippen molar-refractivity contribution < 1.29 is 9.90 Å². The van der Waals surface area contributed by atoms with Crippen molar-refractivity contribution in [3.8, 4) is 0 Å². The molecule has 0 fully saturated rings. The summed E-state index contributed by atoms with van der Waals surface area (Å²) in [6.45, 7) is 2.18. The second-order valence-electron chi connectivity index (χ2n) is 5.58. The van der Waals surface area contributed by atoms with E-state index in [2.05, 4.69) is 30.2 Å². The van der Waals surface area contributed by atoms with Gasteiger partial charge in [0.2, 0.25) is 0 Å². The fourth-order valence-corrected chi connectivity index (χ4v) is 2.75. The quantitative estimate of drug-likeness (QED) is 0.939. The van der Waals surface area contributed by atoms with E-state index in [-0.39, 0.29) is 19.0 Å². The van der Waals surface area contributed by atoms with Gasteiger partial charge in [-0.1, -0.05) is 25.1 Å². The van der Waals surface area contributed by atoms with E-state index < -0.39 is 5.97 Å². The molecule has 1 unspecified atom stereocenters. The fraction of sp³-hybridized carbons (Fsp3) is 0.375. The maximum Gasteiger partial charge on any atom is 0.325 e. The first-order chi connectivity index (χ1) is 9.63. The van der Waals surface area contributed by atoms with E-state index >= 15 is 0 Å². The van der Waals surface area contributed by atoms with Crippen LogP contribution in [0.1, 0.15) is 31.7 Å². The minimum absolute atomic E-state index is 0. The first kappa shape index (κ1) is 15.6. The minimum atomic E-state index is -0.869. The predicted molar refractivity (Wildman–Crippen MR) is 85.6 cm³/mol. The van der Waals surface area contributed by atoms with Crippen molar-refractivity contribution in [3.05, 3.63) is 36.0 Å². The first-order valence-electron chi connectivity index (χ1n) is 7.00. The highest BCUT2D eigenvalue weighted by molar-refractivity contribution is 5.85. The van der Waals surface area contributed by atoms with Gasteiger partial charge >= 0.3 is 5.97 Å². The Bertz CT molecular complexity index is 691. The van der Waals surface area contributed by atoms with Crippen LogP contribution in [0.25, 0.3) is 16.5 Å². The van der Waals surface area contributed by atoms with Crippen LogP contribution in [0.5, 0.6) is 0 Å². The lowest BCUT2D eigenvalue weighted by Gasteiger charge is -2.18. The third-order valence-corrected chi connectivity index (χ3v) is 3.97. The summed E-state index contributed by atoms with van der Waals surface area (Å²) in [5.74, 6) is -0.105. The fourth-order valence-electron chi connectivity index (χ4n) is 2.75. The second kappa shape index (κ2) is 6.31. The van der Waals surface area contributed by atoms with E-state index in [0.717, 1.165) is 29.7 Å². The Kier molecular flexibility index (Phi) is 4.68. The molecule has 2 aromatic rings. The number of allylic oxidation sites excluding steroid dienone is 2. The number of carboxylic acid groups (broad SMARTS) is 1. The Hall–Kier alpha value is -1.81. The molecule has 1 aliphatic rings. The number of rotatable bonds is 3. The normalized spacial score (nSPS) is 18.1. The molecule has 0 radical (unpaired) electrons. The van der Waals surface area contributed by atoms with E-state index in [1.165, 1.54) is 17.6 Å². The standard InChI is InChI=1S/C16H18N2O2.ClH/c1-11-2-4-12(5-3-11)13-6-7-14-9-17-18(10-16(19)20)15(14)8-13;/h4,6-9,11H,2-3,5,10H2,1H3,(H,19,20);1H. The largest absolute Gasteiger partial charge is 0.480 e. The SMILES string of the molecule is CC1CC=C(c2ccc3cnn(CC(=O)O)c3c2)CC1.Cl. The van der Waals surface area contributed by atoms with E-state index in [1.54, 1.807) is 10.9 Å². The number of halogens is 1. The molecule has 0 amide bonds. The summed E-state index contributed by atoms with van der Waals surface area (Å²) < 4.78 is 1.55. The number of carbonyl (C=O) groups is 1. The molecule has 0 bridgehead atoms. The van der Waals surface area contributed by atoms with E-state index in [9.17, 15) is 4.79 Å². The van der Waals surface area contributed by atoms with Gasteiger partial charge in [-0.25, -0.2) is 0 Å². The van der Waals surface area contributed by atoms with Crippen LogP contribution in [0.4, 0.5) is 0 Å². The molecule has 0 aliphatic heterocycles. The number of aliphatic carboxylic acids is 1. The van der Waals surface area contributed by atoms with Gasteiger partial charge in [0.05, 0.1) is 11.7 Å². The number of carboxylic acids is 1. The molecule has 1 aromatic heterocycles. The molecule has 21 heavy (non-hydrogen) atoms. The monoisotopic (exact) mass is 306 g/mol. The van der Waals surface area contributed by atoms with Crippen LogP contribution in [0.3, 0.4) is 0 Å². The summed E-state index contributed by atoms with van der Waals surface area (Å²) in [5.41, 5.74) is 3.45. The van der Waals surface area contributed by atoms with Gasteiger partial charge in [0.15, 0.2) is 0 Å². The van der Waals surface area contributed by atoms with Gasteiger partial charge in [-0.3, -0.25) is 9.48 Å². The van der Waals surface area contributed by atoms with Crippen LogP contribution in [0.15, 0.2) is 30.5 Å². The van der Waals surface area contributed by atoms with E-state index in [0.29, 0.717) is 0 Å². The van der Waals surface area contributed by atoms with Crippen molar-refractivity contribution >= 4 is 34.9 Å². The zero-order chi connectivity index (χ0) is 14.1. The molecule has 3 rings (SSSR count). The molecule has 1 aromatic carbocycles. The van der Waals surface area contributed by atoms with Crippen LogP contribution in [0.2, 0.25) is 0 Å². The van der Waals surface area contributed by atoms with Gasteiger partial charge in [0.1, 0.15) is 6.54 Å². The summed E-state index contributed by atoms with van der Waals surface area (Å²) in [7, 11) is 0. The molecule has 4 nitrogen and oxygen atoms in total. The molecule has 1 N–H and O–H groups in total. The predicted octanol–water partition coefficient (Wildman–Crippen LogP) is 3.75. The maximum absolute atomic E-state index is 10.9. The smallest absolute Gasteiger partial charge is 0.325 e. The molecule has 1 heterocycles. The molecule has 1 aliphatic carbocycles. The Morgan fingerprint density at radius 2 is 2.29 bits per heavy atom. The number of fused-ring (bicyclic) bond motifs is 1.